The van der Waals surface area contributed by atoms with Crippen molar-refractivity contribution in [2.45, 2.75) is 33.9 Å². The van der Waals surface area contributed by atoms with Crippen LogP contribution in [0.15, 0.2) is 16.9 Å². The Kier molecular flexibility index (Phi) is 4.49. The van der Waals surface area contributed by atoms with Crippen LogP contribution in [-0.2, 0) is 13.1 Å². The zero-order valence-electron chi connectivity index (χ0n) is 9.66. The van der Waals surface area contributed by atoms with Crippen molar-refractivity contribution >= 4 is 0 Å². The summed E-state index contributed by atoms with van der Waals surface area (Å²) in [5.74, 6) is 0.627. The highest BCUT2D eigenvalue weighted by atomic mass is 16.1. The minimum atomic E-state index is -0.0369. The van der Waals surface area contributed by atoms with Crippen LogP contribution in [0.4, 0.5) is 0 Å². The van der Waals surface area contributed by atoms with Crippen molar-refractivity contribution in [1.82, 2.24) is 15.1 Å². The first-order valence-corrected chi connectivity index (χ1v) is 5.41. The van der Waals surface area contributed by atoms with Crippen LogP contribution in [0.3, 0.4) is 0 Å². The Bertz CT molecular complexity index is 357. The van der Waals surface area contributed by atoms with E-state index in [2.05, 4.69) is 24.3 Å². The van der Waals surface area contributed by atoms with Crippen LogP contribution in [0.5, 0.6) is 0 Å². The lowest BCUT2D eigenvalue weighted by atomic mass is 10.2. The molecule has 0 aliphatic carbocycles. The Morgan fingerprint density at radius 1 is 1.47 bits per heavy atom. The first kappa shape index (κ1) is 11.9. The molecule has 4 heteroatoms. The summed E-state index contributed by atoms with van der Waals surface area (Å²) < 4.78 is 1.48. The van der Waals surface area contributed by atoms with E-state index in [1.165, 1.54) is 4.68 Å². The van der Waals surface area contributed by atoms with Crippen LogP contribution in [-0.4, -0.2) is 16.3 Å². The molecular formula is C11H19N3O. The minimum absolute atomic E-state index is 0.0369. The van der Waals surface area contributed by atoms with Gasteiger partial charge in [0.2, 0.25) is 0 Å². The molecule has 0 atom stereocenters. The van der Waals surface area contributed by atoms with Crippen molar-refractivity contribution in [3.63, 3.8) is 0 Å². The van der Waals surface area contributed by atoms with Crippen LogP contribution in [0, 0.1) is 5.92 Å². The highest BCUT2D eigenvalue weighted by molar-refractivity contribution is 4.99. The van der Waals surface area contributed by atoms with Gasteiger partial charge in [-0.25, -0.2) is 4.68 Å². The highest BCUT2D eigenvalue weighted by Crippen LogP contribution is 1.92. The van der Waals surface area contributed by atoms with Gasteiger partial charge >= 0.3 is 0 Å². The Labute approximate surface area is 90.3 Å². The van der Waals surface area contributed by atoms with Gasteiger partial charge in [0.1, 0.15) is 0 Å². The minimum Gasteiger partial charge on any atom is -0.311 e. The van der Waals surface area contributed by atoms with E-state index >= 15 is 0 Å². The van der Waals surface area contributed by atoms with Gasteiger partial charge < -0.3 is 5.32 Å². The molecule has 84 valence electrons. The molecule has 0 radical (unpaired) electrons. The molecule has 0 aliphatic rings. The Balaban J connectivity index is 2.58. The fraction of sp³-hybridized carbons (Fsp3) is 0.636. The quantitative estimate of drug-likeness (QED) is 0.787. The van der Waals surface area contributed by atoms with Gasteiger partial charge in [-0.2, -0.15) is 5.10 Å². The van der Waals surface area contributed by atoms with E-state index in [1.54, 1.807) is 12.1 Å². The van der Waals surface area contributed by atoms with Crippen molar-refractivity contribution in [2.24, 2.45) is 5.92 Å². The fourth-order valence-corrected chi connectivity index (χ4v) is 1.30. The number of aromatic nitrogens is 2. The number of hydrogen-bond acceptors (Lipinski definition) is 3. The van der Waals surface area contributed by atoms with E-state index in [9.17, 15) is 4.79 Å². The number of hydrogen-bond donors (Lipinski definition) is 1. The molecule has 0 saturated carbocycles. The summed E-state index contributed by atoms with van der Waals surface area (Å²) >= 11 is 0. The van der Waals surface area contributed by atoms with Crippen molar-refractivity contribution in [3.8, 4) is 0 Å². The zero-order valence-corrected chi connectivity index (χ0v) is 9.66. The predicted molar refractivity (Wildman–Crippen MR) is 60.7 cm³/mol. The maximum Gasteiger partial charge on any atom is 0.266 e. The molecule has 1 heterocycles. The number of aryl methyl sites for hydroxylation is 1. The van der Waals surface area contributed by atoms with Crippen molar-refractivity contribution in [2.75, 3.05) is 6.54 Å². The zero-order chi connectivity index (χ0) is 11.3. The molecule has 0 bridgehead atoms. The van der Waals surface area contributed by atoms with Crippen molar-refractivity contribution in [1.29, 1.82) is 0 Å². The molecule has 0 unspecified atom stereocenters. The molecule has 4 nitrogen and oxygen atoms in total. The molecule has 0 amide bonds. The molecule has 0 aromatic carbocycles. The normalized spacial score (nSPS) is 10.9. The molecule has 15 heavy (non-hydrogen) atoms. The van der Waals surface area contributed by atoms with E-state index < -0.39 is 0 Å². The standard InChI is InChI=1S/C11H19N3O/c1-4-14-11(15)6-5-10(13-14)8-12-7-9(2)3/h5-6,9,12H,4,7-8H2,1-3H3. The molecule has 1 aromatic rings. The van der Waals surface area contributed by atoms with Gasteiger partial charge in [0.25, 0.3) is 5.56 Å². The largest absolute Gasteiger partial charge is 0.311 e. The highest BCUT2D eigenvalue weighted by Gasteiger charge is 1.99. The van der Waals surface area contributed by atoms with Crippen molar-refractivity contribution in [3.05, 3.63) is 28.2 Å². The molecule has 0 spiro atoms. The Hall–Kier alpha value is -1.16. The molecule has 1 aromatic heterocycles. The molecule has 0 fully saturated rings. The summed E-state index contributed by atoms with van der Waals surface area (Å²) in [5, 5.41) is 7.52. The van der Waals surface area contributed by atoms with Crippen LogP contribution < -0.4 is 10.9 Å². The third-order valence-electron chi connectivity index (χ3n) is 2.08. The van der Waals surface area contributed by atoms with Gasteiger partial charge in [-0.3, -0.25) is 4.79 Å². The Morgan fingerprint density at radius 3 is 2.80 bits per heavy atom. The van der Waals surface area contributed by atoms with Crippen LogP contribution in [0.2, 0.25) is 0 Å². The van der Waals surface area contributed by atoms with Crippen LogP contribution >= 0.6 is 0 Å². The molecule has 0 saturated heterocycles. The van der Waals surface area contributed by atoms with Gasteiger partial charge in [0.05, 0.1) is 5.69 Å². The lowest BCUT2D eigenvalue weighted by Gasteiger charge is -2.07. The van der Waals surface area contributed by atoms with Gasteiger partial charge in [-0.15, -0.1) is 0 Å². The summed E-state index contributed by atoms with van der Waals surface area (Å²) in [6.45, 7) is 8.54. The second kappa shape index (κ2) is 5.66. The van der Waals surface area contributed by atoms with Crippen molar-refractivity contribution < 1.29 is 0 Å². The lowest BCUT2D eigenvalue weighted by molar-refractivity contribution is 0.530. The summed E-state index contributed by atoms with van der Waals surface area (Å²) in [5.41, 5.74) is 0.877. The number of nitrogens with zero attached hydrogens (tertiary/aromatic N) is 2. The summed E-state index contributed by atoms with van der Waals surface area (Å²) in [6.07, 6.45) is 0. The SMILES string of the molecule is CCn1nc(CNCC(C)C)ccc1=O. The number of rotatable bonds is 5. The smallest absolute Gasteiger partial charge is 0.266 e. The molecule has 1 N–H and O–H groups in total. The van der Waals surface area contributed by atoms with E-state index in [1.807, 2.05) is 6.92 Å². The van der Waals surface area contributed by atoms with Gasteiger partial charge in [-0.1, -0.05) is 13.8 Å². The first-order valence-electron chi connectivity index (χ1n) is 5.41. The maximum absolute atomic E-state index is 11.3. The number of nitrogens with one attached hydrogen (secondary N) is 1. The second-order valence-electron chi connectivity index (χ2n) is 4.00. The van der Waals surface area contributed by atoms with E-state index in [4.69, 9.17) is 0 Å². The summed E-state index contributed by atoms with van der Waals surface area (Å²) in [6, 6.07) is 3.35. The lowest BCUT2D eigenvalue weighted by Crippen LogP contribution is -2.25. The van der Waals surface area contributed by atoms with Crippen LogP contribution in [0.25, 0.3) is 0 Å². The van der Waals surface area contributed by atoms with Gasteiger partial charge in [0, 0.05) is 19.2 Å². The van der Waals surface area contributed by atoms with E-state index in [-0.39, 0.29) is 5.56 Å². The topological polar surface area (TPSA) is 46.9 Å². The predicted octanol–water partition coefficient (Wildman–Crippen LogP) is 1.01. The summed E-state index contributed by atoms with van der Waals surface area (Å²) in [7, 11) is 0. The third-order valence-corrected chi connectivity index (χ3v) is 2.08. The molecule has 0 aliphatic heterocycles. The van der Waals surface area contributed by atoms with Gasteiger partial charge in [-0.05, 0) is 25.5 Å². The monoisotopic (exact) mass is 209 g/mol. The second-order valence-corrected chi connectivity index (χ2v) is 4.00. The maximum atomic E-state index is 11.3. The molecule has 1 rings (SSSR count). The average molecular weight is 209 g/mol. The van der Waals surface area contributed by atoms with Gasteiger partial charge in [0.15, 0.2) is 0 Å². The van der Waals surface area contributed by atoms with E-state index in [0.29, 0.717) is 12.5 Å². The third kappa shape index (κ3) is 3.83. The van der Waals surface area contributed by atoms with E-state index in [0.717, 1.165) is 18.8 Å². The summed E-state index contributed by atoms with van der Waals surface area (Å²) in [4.78, 5) is 11.3. The molecular weight excluding hydrogens is 190 g/mol. The van der Waals surface area contributed by atoms with Crippen LogP contribution in [0.1, 0.15) is 26.5 Å². The fourth-order valence-electron chi connectivity index (χ4n) is 1.30. The Morgan fingerprint density at radius 2 is 2.20 bits per heavy atom. The first-order chi connectivity index (χ1) is 7.13. The average Bonchev–Trinajstić information content (AvgIpc) is 2.20.